The number of hydrogen-bond donors (Lipinski definition) is 0. The fraction of sp³-hybridized carbons (Fsp3) is 0.412. The van der Waals surface area contributed by atoms with Crippen LogP contribution >= 0.6 is 11.3 Å². The number of nitrogens with zero attached hydrogens (tertiary/aromatic N) is 2. The second-order valence-corrected chi connectivity index (χ2v) is 7.01. The largest absolute Gasteiger partial charge is 0.469 e. The zero-order valence-corrected chi connectivity index (χ0v) is 15.0. The Kier molecular flexibility index (Phi) is 5.66. The van der Waals surface area contributed by atoms with Crippen molar-refractivity contribution in [3.63, 3.8) is 0 Å². The molecule has 2 rings (SSSR count). The number of thiazole rings is 1. The number of methoxy groups -OCH3 is 1. The van der Waals surface area contributed by atoms with Gasteiger partial charge in [0.25, 0.3) is 0 Å². The number of esters is 2. The van der Waals surface area contributed by atoms with Crippen LogP contribution in [0.4, 0.5) is 0 Å². The van der Waals surface area contributed by atoms with Crippen LogP contribution in [-0.4, -0.2) is 34.6 Å². The van der Waals surface area contributed by atoms with Crippen molar-refractivity contribution in [2.24, 2.45) is 0 Å². The molecular formula is C17H20N2O4S. The number of hydrogen-bond acceptors (Lipinski definition) is 7. The summed E-state index contributed by atoms with van der Waals surface area (Å²) >= 11 is 1.36. The molecule has 0 aliphatic heterocycles. The number of ether oxygens (including phenoxy) is 2. The summed E-state index contributed by atoms with van der Waals surface area (Å²) in [6.45, 7) is 5.44. The summed E-state index contributed by atoms with van der Waals surface area (Å²) in [5.74, 6) is -0.714. The third-order valence-electron chi connectivity index (χ3n) is 2.99. The number of aryl methyl sites for hydroxylation is 1. The minimum absolute atomic E-state index is 0.272. The van der Waals surface area contributed by atoms with Crippen LogP contribution in [0.3, 0.4) is 0 Å². The number of rotatable bonds is 5. The van der Waals surface area contributed by atoms with Gasteiger partial charge in [0.15, 0.2) is 5.69 Å². The number of aromatic nitrogens is 2. The maximum atomic E-state index is 12.0. The van der Waals surface area contributed by atoms with Gasteiger partial charge in [0.1, 0.15) is 10.6 Å². The molecule has 2 aromatic heterocycles. The lowest BCUT2D eigenvalue weighted by Crippen LogP contribution is -2.24. The summed E-state index contributed by atoms with van der Waals surface area (Å²) in [6, 6.07) is 3.68. The van der Waals surface area contributed by atoms with Crippen molar-refractivity contribution in [2.45, 2.75) is 39.2 Å². The standard InChI is InChI=1S/C17H20N2O4S/c1-17(2,3)23-16(21)13-10-24-15(19-13)11-7-8-18-12(9-11)5-6-14(20)22-4/h7-10H,5-6H2,1-4H3. The van der Waals surface area contributed by atoms with Crippen LogP contribution in [0.5, 0.6) is 0 Å². The molecule has 0 atom stereocenters. The summed E-state index contributed by atoms with van der Waals surface area (Å²) in [6.07, 6.45) is 2.43. The first-order valence-electron chi connectivity index (χ1n) is 7.49. The molecule has 2 aromatic rings. The molecule has 128 valence electrons. The molecule has 0 N–H and O–H groups in total. The van der Waals surface area contributed by atoms with Crippen molar-refractivity contribution >= 4 is 23.3 Å². The zero-order chi connectivity index (χ0) is 17.7. The highest BCUT2D eigenvalue weighted by atomic mass is 32.1. The topological polar surface area (TPSA) is 78.4 Å². The van der Waals surface area contributed by atoms with Crippen LogP contribution in [0.25, 0.3) is 10.6 Å². The monoisotopic (exact) mass is 348 g/mol. The van der Waals surface area contributed by atoms with E-state index < -0.39 is 11.6 Å². The molecule has 0 aliphatic rings. The molecule has 0 saturated heterocycles. The first-order valence-corrected chi connectivity index (χ1v) is 8.37. The molecule has 0 radical (unpaired) electrons. The van der Waals surface area contributed by atoms with Gasteiger partial charge in [-0.3, -0.25) is 9.78 Å². The Morgan fingerprint density at radius 1 is 1.29 bits per heavy atom. The first-order chi connectivity index (χ1) is 11.3. The lowest BCUT2D eigenvalue weighted by molar-refractivity contribution is -0.140. The van der Waals surface area contributed by atoms with E-state index in [0.29, 0.717) is 11.4 Å². The van der Waals surface area contributed by atoms with E-state index in [1.807, 2.05) is 32.9 Å². The maximum absolute atomic E-state index is 12.0. The Morgan fingerprint density at radius 2 is 2.04 bits per heavy atom. The lowest BCUT2D eigenvalue weighted by atomic mass is 10.1. The highest BCUT2D eigenvalue weighted by Crippen LogP contribution is 2.25. The number of pyridine rings is 1. The van der Waals surface area contributed by atoms with Gasteiger partial charge in [-0.15, -0.1) is 11.3 Å². The molecule has 0 spiro atoms. The van der Waals surface area contributed by atoms with Gasteiger partial charge < -0.3 is 9.47 Å². The molecular weight excluding hydrogens is 328 g/mol. The Morgan fingerprint density at radius 3 is 2.71 bits per heavy atom. The highest BCUT2D eigenvalue weighted by Gasteiger charge is 2.20. The van der Waals surface area contributed by atoms with Crippen molar-refractivity contribution < 1.29 is 19.1 Å². The van der Waals surface area contributed by atoms with E-state index in [9.17, 15) is 9.59 Å². The van der Waals surface area contributed by atoms with E-state index in [0.717, 1.165) is 11.3 Å². The second-order valence-electron chi connectivity index (χ2n) is 6.15. The predicted octanol–water partition coefficient (Wildman–Crippen LogP) is 3.27. The average Bonchev–Trinajstić information content (AvgIpc) is 3.01. The van der Waals surface area contributed by atoms with Crippen molar-refractivity contribution in [3.8, 4) is 10.6 Å². The van der Waals surface area contributed by atoms with Crippen LogP contribution < -0.4 is 0 Å². The Labute approximate surface area is 144 Å². The second kappa shape index (κ2) is 7.53. The predicted molar refractivity (Wildman–Crippen MR) is 90.9 cm³/mol. The number of carbonyl (C=O) groups is 2. The molecule has 0 saturated carbocycles. The highest BCUT2D eigenvalue weighted by molar-refractivity contribution is 7.13. The summed E-state index contributed by atoms with van der Waals surface area (Å²) in [5.41, 5.74) is 1.35. The van der Waals surface area contributed by atoms with Crippen LogP contribution in [0, 0.1) is 0 Å². The summed E-state index contributed by atoms with van der Waals surface area (Å²) in [5, 5.41) is 2.38. The van der Waals surface area contributed by atoms with E-state index in [-0.39, 0.29) is 18.1 Å². The van der Waals surface area contributed by atoms with E-state index in [2.05, 4.69) is 14.7 Å². The van der Waals surface area contributed by atoms with Gasteiger partial charge in [-0.25, -0.2) is 9.78 Å². The quantitative estimate of drug-likeness (QED) is 0.772. The lowest BCUT2D eigenvalue weighted by Gasteiger charge is -2.18. The number of carbonyl (C=O) groups excluding carboxylic acids is 2. The van der Waals surface area contributed by atoms with Crippen LogP contribution in [0.15, 0.2) is 23.7 Å². The van der Waals surface area contributed by atoms with Crippen molar-refractivity contribution in [3.05, 3.63) is 35.1 Å². The van der Waals surface area contributed by atoms with E-state index in [4.69, 9.17) is 4.74 Å². The van der Waals surface area contributed by atoms with Crippen LogP contribution in [-0.2, 0) is 20.7 Å². The van der Waals surface area contributed by atoms with E-state index in [1.165, 1.54) is 18.4 Å². The SMILES string of the molecule is COC(=O)CCc1cc(-c2nc(C(=O)OC(C)(C)C)cs2)ccn1. The summed E-state index contributed by atoms with van der Waals surface area (Å²) < 4.78 is 9.94. The molecule has 0 unspecified atom stereocenters. The van der Waals surface area contributed by atoms with E-state index >= 15 is 0 Å². The third kappa shape index (κ3) is 5.13. The Balaban J connectivity index is 2.12. The smallest absolute Gasteiger partial charge is 0.358 e. The molecule has 7 heteroatoms. The maximum Gasteiger partial charge on any atom is 0.358 e. The molecule has 6 nitrogen and oxygen atoms in total. The van der Waals surface area contributed by atoms with Gasteiger partial charge in [0, 0.05) is 29.3 Å². The molecule has 0 aromatic carbocycles. The van der Waals surface area contributed by atoms with Crippen molar-refractivity contribution in [1.29, 1.82) is 0 Å². The zero-order valence-electron chi connectivity index (χ0n) is 14.2. The van der Waals surface area contributed by atoms with Gasteiger partial charge in [0.2, 0.25) is 0 Å². The minimum atomic E-state index is -0.557. The van der Waals surface area contributed by atoms with Gasteiger partial charge >= 0.3 is 11.9 Å². The average molecular weight is 348 g/mol. The summed E-state index contributed by atoms with van der Waals surface area (Å²) in [4.78, 5) is 31.8. The molecule has 24 heavy (non-hydrogen) atoms. The first kappa shape index (κ1) is 18.1. The Bertz CT molecular complexity index is 734. The van der Waals surface area contributed by atoms with Gasteiger partial charge in [-0.1, -0.05) is 0 Å². The normalized spacial score (nSPS) is 11.2. The van der Waals surface area contributed by atoms with Gasteiger partial charge in [-0.05, 0) is 32.9 Å². The molecule has 0 amide bonds. The van der Waals surface area contributed by atoms with Crippen LogP contribution in [0.2, 0.25) is 0 Å². The van der Waals surface area contributed by atoms with E-state index in [1.54, 1.807) is 11.6 Å². The third-order valence-corrected chi connectivity index (χ3v) is 3.88. The molecule has 0 fully saturated rings. The van der Waals surface area contributed by atoms with Gasteiger partial charge in [0.05, 0.1) is 13.5 Å². The Hall–Kier alpha value is -2.28. The molecule has 2 heterocycles. The fourth-order valence-electron chi connectivity index (χ4n) is 1.91. The van der Waals surface area contributed by atoms with Gasteiger partial charge in [-0.2, -0.15) is 0 Å². The van der Waals surface area contributed by atoms with Crippen molar-refractivity contribution in [1.82, 2.24) is 9.97 Å². The van der Waals surface area contributed by atoms with Crippen molar-refractivity contribution in [2.75, 3.05) is 7.11 Å². The molecule has 0 bridgehead atoms. The fourth-order valence-corrected chi connectivity index (χ4v) is 2.70. The van der Waals surface area contributed by atoms with Crippen LogP contribution in [0.1, 0.15) is 43.4 Å². The molecule has 0 aliphatic carbocycles. The minimum Gasteiger partial charge on any atom is -0.469 e. The summed E-state index contributed by atoms with van der Waals surface area (Å²) in [7, 11) is 1.36.